The molecular weight excluding hydrogens is 200 g/mol. The second-order valence-electron chi connectivity index (χ2n) is 5.08. The second-order valence-corrected chi connectivity index (χ2v) is 5.08. The van der Waals surface area contributed by atoms with E-state index in [1.54, 1.807) is 0 Å². The molecule has 0 amide bonds. The highest BCUT2D eigenvalue weighted by Gasteiger charge is 2.30. The third kappa shape index (κ3) is 4.40. The Labute approximate surface area is 100 Å². The number of hydrazine groups is 1. The van der Waals surface area contributed by atoms with E-state index >= 15 is 0 Å². The predicted octanol–water partition coefficient (Wildman–Crippen LogP) is 2.60. The van der Waals surface area contributed by atoms with Crippen molar-refractivity contribution < 1.29 is 4.74 Å². The van der Waals surface area contributed by atoms with Gasteiger partial charge >= 0.3 is 0 Å². The van der Waals surface area contributed by atoms with E-state index in [0.29, 0.717) is 18.1 Å². The van der Waals surface area contributed by atoms with E-state index in [9.17, 15) is 0 Å². The topological polar surface area (TPSA) is 47.3 Å². The summed E-state index contributed by atoms with van der Waals surface area (Å²) in [6, 6.07) is 0.346. The average molecular weight is 228 g/mol. The minimum absolute atomic E-state index is 0.330. The Morgan fingerprint density at radius 3 is 2.62 bits per heavy atom. The smallest absolute Gasteiger partial charge is 0.0767 e. The molecule has 1 aliphatic rings. The Morgan fingerprint density at radius 1 is 1.31 bits per heavy atom. The van der Waals surface area contributed by atoms with Gasteiger partial charge in [-0.05, 0) is 18.8 Å². The molecule has 0 aromatic heterocycles. The van der Waals surface area contributed by atoms with E-state index < -0.39 is 0 Å². The van der Waals surface area contributed by atoms with Gasteiger partial charge in [-0.15, -0.1) is 0 Å². The van der Waals surface area contributed by atoms with Crippen LogP contribution in [0.1, 0.15) is 58.8 Å². The van der Waals surface area contributed by atoms with Crippen LogP contribution < -0.4 is 11.3 Å². The Hall–Kier alpha value is -0.120. The highest BCUT2D eigenvalue weighted by molar-refractivity contribution is 4.83. The summed E-state index contributed by atoms with van der Waals surface area (Å²) >= 11 is 0. The molecular formula is C13H28N2O. The number of hydrogen-bond donors (Lipinski definition) is 2. The largest absolute Gasteiger partial charge is 0.376 e. The van der Waals surface area contributed by atoms with E-state index in [0.717, 1.165) is 13.0 Å². The van der Waals surface area contributed by atoms with Gasteiger partial charge < -0.3 is 4.74 Å². The van der Waals surface area contributed by atoms with E-state index in [1.807, 2.05) is 0 Å². The lowest BCUT2D eigenvalue weighted by Crippen LogP contribution is -2.45. The van der Waals surface area contributed by atoms with Crippen molar-refractivity contribution >= 4 is 0 Å². The number of nitrogens with one attached hydrogen (secondary N) is 1. The summed E-state index contributed by atoms with van der Waals surface area (Å²) in [6.45, 7) is 5.41. The first-order valence-corrected chi connectivity index (χ1v) is 6.87. The monoisotopic (exact) mass is 228 g/mol. The second kappa shape index (κ2) is 8.04. The molecule has 0 spiro atoms. The third-order valence-electron chi connectivity index (χ3n) is 3.67. The maximum Gasteiger partial charge on any atom is 0.0767 e. The Kier molecular flexibility index (Phi) is 7.01. The first kappa shape index (κ1) is 13.9. The number of hydrogen-bond acceptors (Lipinski definition) is 3. The lowest BCUT2D eigenvalue weighted by Gasteiger charge is -2.25. The highest BCUT2D eigenvalue weighted by Crippen LogP contribution is 2.25. The quantitative estimate of drug-likeness (QED) is 0.381. The van der Waals surface area contributed by atoms with Crippen LogP contribution >= 0.6 is 0 Å². The average Bonchev–Trinajstić information content (AvgIpc) is 2.70. The summed E-state index contributed by atoms with van der Waals surface area (Å²) in [5, 5.41) is 0. The van der Waals surface area contributed by atoms with Gasteiger partial charge in [0.1, 0.15) is 0 Å². The van der Waals surface area contributed by atoms with Gasteiger partial charge in [-0.3, -0.25) is 11.3 Å². The Morgan fingerprint density at radius 2 is 2.06 bits per heavy atom. The van der Waals surface area contributed by atoms with Crippen LogP contribution in [0.15, 0.2) is 0 Å². The zero-order valence-electron chi connectivity index (χ0n) is 10.9. The Balaban J connectivity index is 2.16. The van der Waals surface area contributed by atoms with Gasteiger partial charge in [-0.1, -0.05) is 46.0 Å². The third-order valence-corrected chi connectivity index (χ3v) is 3.67. The van der Waals surface area contributed by atoms with Crippen LogP contribution in [-0.2, 0) is 4.74 Å². The van der Waals surface area contributed by atoms with Crippen molar-refractivity contribution in [2.45, 2.75) is 70.9 Å². The van der Waals surface area contributed by atoms with Crippen LogP contribution in [-0.4, -0.2) is 18.8 Å². The van der Waals surface area contributed by atoms with Gasteiger partial charge in [0.25, 0.3) is 0 Å². The van der Waals surface area contributed by atoms with E-state index in [-0.39, 0.29) is 0 Å². The summed E-state index contributed by atoms with van der Waals surface area (Å²) in [4.78, 5) is 0. The van der Waals surface area contributed by atoms with Crippen molar-refractivity contribution in [3.63, 3.8) is 0 Å². The van der Waals surface area contributed by atoms with Crippen LogP contribution in [0.5, 0.6) is 0 Å². The van der Waals surface area contributed by atoms with Crippen molar-refractivity contribution in [1.82, 2.24) is 5.43 Å². The lowest BCUT2D eigenvalue weighted by atomic mass is 9.94. The maximum absolute atomic E-state index is 5.75. The van der Waals surface area contributed by atoms with E-state index in [1.165, 1.54) is 38.5 Å². The molecule has 0 bridgehead atoms. The van der Waals surface area contributed by atoms with Gasteiger partial charge in [0.2, 0.25) is 0 Å². The van der Waals surface area contributed by atoms with Crippen LogP contribution in [0.4, 0.5) is 0 Å². The van der Waals surface area contributed by atoms with Crippen molar-refractivity contribution in [3.05, 3.63) is 0 Å². The molecule has 16 heavy (non-hydrogen) atoms. The van der Waals surface area contributed by atoms with Gasteiger partial charge in [0.15, 0.2) is 0 Å². The van der Waals surface area contributed by atoms with E-state index in [4.69, 9.17) is 10.6 Å². The molecule has 3 N–H and O–H groups in total. The number of unbranched alkanes of at least 4 members (excludes halogenated alkanes) is 4. The summed E-state index contributed by atoms with van der Waals surface area (Å²) in [5.74, 6) is 6.28. The summed E-state index contributed by atoms with van der Waals surface area (Å²) in [6.07, 6.45) is 9.27. The van der Waals surface area contributed by atoms with Crippen molar-refractivity contribution in [2.75, 3.05) is 6.61 Å². The molecule has 96 valence electrons. The SMILES string of the molecule is CCCCCCCC(NN)C1OCCC1C. The molecule has 0 aromatic rings. The number of rotatable bonds is 8. The van der Waals surface area contributed by atoms with Crippen molar-refractivity contribution in [3.8, 4) is 0 Å². The minimum atomic E-state index is 0.330. The fraction of sp³-hybridized carbons (Fsp3) is 1.00. The maximum atomic E-state index is 5.75. The molecule has 3 heteroatoms. The van der Waals surface area contributed by atoms with E-state index in [2.05, 4.69) is 19.3 Å². The summed E-state index contributed by atoms with van der Waals surface area (Å²) in [5.41, 5.74) is 2.94. The van der Waals surface area contributed by atoms with Crippen molar-refractivity contribution in [2.24, 2.45) is 11.8 Å². The van der Waals surface area contributed by atoms with Crippen LogP contribution in [0.3, 0.4) is 0 Å². The fourth-order valence-corrected chi connectivity index (χ4v) is 2.54. The Bertz CT molecular complexity index is 175. The molecule has 1 fully saturated rings. The molecule has 3 unspecified atom stereocenters. The van der Waals surface area contributed by atoms with Gasteiger partial charge in [0.05, 0.1) is 6.10 Å². The molecule has 0 radical (unpaired) electrons. The standard InChI is InChI=1S/C13H28N2O/c1-3-4-5-6-7-8-12(15-14)13-11(2)9-10-16-13/h11-13,15H,3-10,14H2,1-2H3. The minimum Gasteiger partial charge on any atom is -0.376 e. The lowest BCUT2D eigenvalue weighted by molar-refractivity contribution is 0.0574. The molecule has 1 saturated heterocycles. The molecule has 1 heterocycles. The van der Waals surface area contributed by atoms with Gasteiger partial charge in [0, 0.05) is 12.6 Å². The molecule has 3 nitrogen and oxygen atoms in total. The number of nitrogens with two attached hydrogens (primary N) is 1. The van der Waals surface area contributed by atoms with Crippen LogP contribution in [0.2, 0.25) is 0 Å². The molecule has 3 atom stereocenters. The van der Waals surface area contributed by atoms with Crippen molar-refractivity contribution in [1.29, 1.82) is 0 Å². The fourth-order valence-electron chi connectivity index (χ4n) is 2.54. The number of ether oxygens (including phenoxy) is 1. The summed E-state index contributed by atoms with van der Waals surface area (Å²) in [7, 11) is 0. The highest BCUT2D eigenvalue weighted by atomic mass is 16.5. The zero-order valence-corrected chi connectivity index (χ0v) is 10.9. The molecule has 1 rings (SSSR count). The molecule has 1 aliphatic heterocycles. The van der Waals surface area contributed by atoms with Gasteiger partial charge in [-0.2, -0.15) is 0 Å². The predicted molar refractivity (Wildman–Crippen MR) is 68.0 cm³/mol. The first-order chi connectivity index (χ1) is 7.79. The zero-order chi connectivity index (χ0) is 11.8. The molecule has 0 aliphatic carbocycles. The summed E-state index contributed by atoms with van der Waals surface area (Å²) < 4.78 is 5.75. The molecule has 0 saturated carbocycles. The van der Waals surface area contributed by atoms with Crippen LogP contribution in [0, 0.1) is 5.92 Å². The normalized spacial score (nSPS) is 27.2. The van der Waals surface area contributed by atoms with Crippen LogP contribution in [0.25, 0.3) is 0 Å². The first-order valence-electron chi connectivity index (χ1n) is 6.87. The van der Waals surface area contributed by atoms with Gasteiger partial charge in [-0.25, -0.2) is 0 Å². The molecule has 0 aromatic carbocycles.